The van der Waals surface area contributed by atoms with Crippen LogP contribution in [0.4, 0.5) is 0 Å². The van der Waals surface area contributed by atoms with Crippen molar-refractivity contribution in [2.24, 2.45) is 0 Å². The zero-order valence-electron chi connectivity index (χ0n) is 10.6. The molecule has 1 aliphatic rings. The van der Waals surface area contributed by atoms with Crippen LogP contribution < -0.4 is 14.8 Å². The van der Waals surface area contributed by atoms with Crippen LogP contribution in [0.25, 0.3) is 0 Å². The van der Waals surface area contributed by atoms with E-state index in [1.54, 1.807) is 14.2 Å². The van der Waals surface area contributed by atoms with E-state index in [2.05, 4.69) is 11.4 Å². The molecule has 0 spiro atoms. The predicted molar refractivity (Wildman–Crippen MR) is 65.9 cm³/mol. The van der Waals surface area contributed by atoms with Crippen LogP contribution in [0.5, 0.6) is 11.5 Å². The van der Waals surface area contributed by atoms with E-state index in [-0.39, 0.29) is 6.10 Å². The lowest BCUT2D eigenvalue weighted by Gasteiger charge is -2.27. The van der Waals surface area contributed by atoms with Crippen LogP contribution in [0, 0.1) is 0 Å². The fraction of sp³-hybridized carbons (Fsp3) is 0.538. The predicted octanol–water partition coefficient (Wildman–Crippen LogP) is 1.54. The molecule has 4 heteroatoms. The first-order chi connectivity index (χ1) is 8.30. The van der Waals surface area contributed by atoms with Gasteiger partial charge in [0.25, 0.3) is 0 Å². The zero-order valence-corrected chi connectivity index (χ0v) is 10.6. The van der Waals surface area contributed by atoms with Crippen molar-refractivity contribution in [1.82, 2.24) is 5.32 Å². The molecule has 0 saturated carbocycles. The van der Waals surface area contributed by atoms with E-state index in [1.807, 2.05) is 13.1 Å². The third kappa shape index (κ3) is 2.37. The molecule has 0 aliphatic carbocycles. The van der Waals surface area contributed by atoms with Crippen molar-refractivity contribution in [2.75, 3.05) is 34.4 Å². The van der Waals surface area contributed by atoms with Crippen molar-refractivity contribution >= 4 is 0 Å². The van der Waals surface area contributed by atoms with Crippen molar-refractivity contribution < 1.29 is 14.2 Å². The SMILES string of the molecule is CNCC1OCCc2cc(OC)c(OC)cc21. The van der Waals surface area contributed by atoms with Crippen molar-refractivity contribution in [1.29, 1.82) is 0 Å². The maximum atomic E-state index is 5.76. The van der Waals surface area contributed by atoms with E-state index < -0.39 is 0 Å². The molecule has 94 valence electrons. The standard InChI is InChI=1S/C13H19NO3/c1-14-8-13-10-7-12(16-3)11(15-2)6-9(10)4-5-17-13/h6-7,13-14H,4-5,8H2,1-3H3. The maximum absolute atomic E-state index is 5.76. The number of methoxy groups -OCH3 is 2. The van der Waals surface area contributed by atoms with Gasteiger partial charge in [0.2, 0.25) is 0 Å². The molecule has 1 atom stereocenters. The van der Waals surface area contributed by atoms with Gasteiger partial charge in [-0.3, -0.25) is 0 Å². The molecule has 0 amide bonds. The quantitative estimate of drug-likeness (QED) is 0.862. The van der Waals surface area contributed by atoms with Crippen molar-refractivity contribution in [3.05, 3.63) is 23.3 Å². The minimum absolute atomic E-state index is 0.101. The molecule has 0 saturated heterocycles. The Bertz CT molecular complexity index is 392. The minimum Gasteiger partial charge on any atom is -0.493 e. The Labute approximate surface area is 102 Å². The number of fused-ring (bicyclic) bond motifs is 1. The maximum Gasteiger partial charge on any atom is 0.161 e. The number of rotatable bonds is 4. The van der Waals surface area contributed by atoms with E-state index in [0.29, 0.717) is 0 Å². The highest BCUT2D eigenvalue weighted by Crippen LogP contribution is 2.36. The largest absolute Gasteiger partial charge is 0.493 e. The van der Waals surface area contributed by atoms with Crippen LogP contribution in [0.15, 0.2) is 12.1 Å². The summed E-state index contributed by atoms with van der Waals surface area (Å²) in [4.78, 5) is 0. The van der Waals surface area contributed by atoms with Gasteiger partial charge in [-0.1, -0.05) is 0 Å². The van der Waals surface area contributed by atoms with Crippen molar-refractivity contribution in [2.45, 2.75) is 12.5 Å². The minimum atomic E-state index is 0.101. The fourth-order valence-electron chi connectivity index (χ4n) is 2.21. The summed E-state index contributed by atoms with van der Waals surface area (Å²) in [5, 5.41) is 3.15. The molecule has 1 unspecified atom stereocenters. The van der Waals surface area contributed by atoms with E-state index >= 15 is 0 Å². The first-order valence-corrected chi connectivity index (χ1v) is 5.81. The lowest BCUT2D eigenvalue weighted by molar-refractivity contribution is 0.0435. The molecule has 2 rings (SSSR count). The third-order valence-electron chi connectivity index (χ3n) is 3.07. The highest BCUT2D eigenvalue weighted by Gasteiger charge is 2.22. The Hall–Kier alpha value is -1.26. The van der Waals surface area contributed by atoms with Gasteiger partial charge in [-0.2, -0.15) is 0 Å². The molecular formula is C13H19NO3. The molecule has 17 heavy (non-hydrogen) atoms. The molecule has 1 N–H and O–H groups in total. The average molecular weight is 237 g/mol. The van der Waals surface area contributed by atoms with Gasteiger partial charge in [-0.05, 0) is 36.7 Å². The van der Waals surface area contributed by atoms with Crippen LogP contribution in [-0.2, 0) is 11.2 Å². The summed E-state index contributed by atoms with van der Waals surface area (Å²) in [6.45, 7) is 1.57. The fourth-order valence-corrected chi connectivity index (χ4v) is 2.21. The molecule has 0 aromatic heterocycles. The summed E-state index contributed by atoms with van der Waals surface area (Å²) >= 11 is 0. The molecule has 0 radical (unpaired) electrons. The third-order valence-corrected chi connectivity index (χ3v) is 3.07. The van der Waals surface area contributed by atoms with Gasteiger partial charge in [0.05, 0.1) is 26.9 Å². The Morgan fingerprint density at radius 2 is 2.00 bits per heavy atom. The van der Waals surface area contributed by atoms with E-state index in [4.69, 9.17) is 14.2 Å². The smallest absolute Gasteiger partial charge is 0.161 e. The molecular weight excluding hydrogens is 218 g/mol. The zero-order chi connectivity index (χ0) is 12.3. The molecule has 0 fully saturated rings. The molecule has 1 heterocycles. The Morgan fingerprint density at radius 3 is 2.65 bits per heavy atom. The van der Waals surface area contributed by atoms with Crippen molar-refractivity contribution in [3.8, 4) is 11.5 Å². The average Bonchev–Trinajstić information content (AvgIpc) is 2.38. The van der Waals surface area contributed by atoms with Crippen molar-refractivity contribution in [3.63, 3.8) is 0 Å². The Morgan fingerprint density at radius 1 is 1.29 bits per heavy atom. The van der Waals surface area contributed by atoms with E-state index in [1.165, 1.54) is 11.1 Å². The summed E-state index contributed by atoms with van der Waals surface area (Å²) in [5.74, 6) is 1.55. The molecule has 0 bridgehead atoms. The lowest BCUT2D eigenvalue weighted by Crippen LogP contribution is -2.25. The van der Waals surface area contributed by atoms with Crippen LogP contribution in [0.2, 0.25) is 0 Å². The van der Waals surface area contributed by atoms with Crippen LogP contribution in [0.3, 0.4) is 0 Å². The summed E-state index contributed by atoms with van der Waals surface area (Å²) in [5.41, 5.74) is 2.48. The summed E-state index contributed by atoms with van der Waals surface area (Å²) in [7, 11) is 5.24. The Kier molecular flexibility index (Phi) is 3.86. The number of benzene rings is 1. The highest BCUT2D eigenvalue weighted by molar-refractivity contribution is 5.49. The number of nitrogens with one attached hydrogen (secondary N) is 1. The number of likely N-dealkylation sites (N-methyl/N-ethyl adjacent to an activating group) is 1. The van der Waals surface area contributed by atoms with Gasteiger partial charge in [0, 0.05) is 6.54 Å². The number of hydrogen-bond acceptors (Lipinski definition) is 4. The highest BCUT2D eigenvalue weighted by atomic mass is 16.5. The van der Waals surface area contributed by atoms with Crippen LogP contribution in [0.1, 0.15) is 17.2 Å². The van der Waals surface area contributed by atoms with Crippen LogP contribution >= 0.6 is 0 Å². The normalized spacial score (nSPS) is 18.6. The van der Waals surface area contributed by atoms with Crippen LogP contribution in [-0.4, -0.2) is 34.4 Å². The summed E-state index contributed by atoms with van der Waals surface area (Å²) in [6, 6.07) is 4.08. The second-order valence-electron chi connectivity index (χ2n) is 4.07. The van der Waals surface area contributed by atoms with Gasteiger partial charge in [0.1, 0.15) is 0 Å². The van der Waals surface area contributed by atoms with Gasteiger partial charge in [-0.25, -0.2) is 0 Å². The van der Waals surface area contributed by atoms with E-state index in [0.717, 1.165) is 31.1 Å². The van der Waals surface area contributed by atoms with Gasteiger partial charge < -0.3 is 19.5 Å². The first kappa shape index (κ1) is 12.2. The summed E-state index contributed by atoms with van der Waals surface area (Å²) in [6.07, 6.45) is 1.03. The first-order valence-electron chi connectivity index (χ1n) is 5.81. The Balaban J connectivity index is 2.39. The topological polar surface area (TPSA) is 39.7 Å². The number of ether oxygens (including phenoxy) is 3. The van der Waals surface area contributed by atoms with Gasteiger partial charge in [-0.15, -0.1) is 0 Å². The monoisotopic (exact) mass is 237 g/mol. The molecule has 1 aromatic carbocycles. The van der Waals surface area contributed by atoms with Gasteiger partial charge >= 0.3 is 0 Å². The second-order valence-corrected chi connectivity index (χ2v) is 4.07. The molecule has 1 aliphatic heterocycles. The molecule has 4 nitrogen and oxygen atoms in total. The van der Waals surface area contributed by atoms with E-state index in [9.17, 15) is 0 Å². The van der Waals surface area contributed by atoms with Gasteiger partial charge in [0.15, 0.2) is 11.5 Å². The lowest BCUT2D eigenvalue weighted by atomic mass is 9.96. The molecule has 1 aromatic rings. The summed E-state index contributed by atoms with van der Waals surface area (Å²) < 4.78 is 16.4. The second kappa shape index (κ2) is 5.38. The number of hydrogen-bond donors (Lipinski definition) is 1.